The maximum atomic E-state index is 12.5. The van der Waals surface area contributed by atoms with Crippen LogP contribution in [0.4, 0.5) is 0 Å². The van der Waals surface area contributed by atoms with E-state index in [0.717, 1.165) is 16.9 Å². The summed E-state index contributed by atoms with van der Waals surface area (Å²) >= 11 is 0. The Balaban J connectivity index is 1.74. The van der Waals surface area contributed by atoms with Crippen molar-refractivity contribution in [3.63, 3.8) is 0 Å². The Morgan fingerprint density at radius 3 is 2.46 bits per heavy atom. The van der Waals surface area contributed by atoms with E-state index in [1.54, 1.807) is 12.1 Å². The van der Waals surface area contributed by atoms with E-state index >= 15 is 0 Å². The van der Waals surface area contributed by atoms with Gasteiger partial charge >= 0.3 is 0 Å². The van der Waals surface area contributed by atoms with Crippen molar-refractivity contribution < 1.29 is 13.4 Å². The van der Waals surface area contributed by atoms with Gasteiger partial charge in [-0.05, 0) is 56.7 Å². The number of oxazole rings is 1. The van der Waals surface area contributed by atoms with Gasteiger partial charge in [0.05, 0.1) is 22.2 Å². The van der Waals surface area contributed by atoms with Crippen molar-refractivity contribution in [2.24, 2.45) is 0 Å². The minimum absolute atomic E-state index is 0.0940. The molecule has 0 aliphatic heterocycles. The fraction of sp³-hybridized carbons (Fsp3) is 0.273. The molecule has 0 saturated carbocycles. The third-order valence-electron chi connectivity index (χ3n) is 4.55. The first-order valence-corrected chi connectivity index (χ1v) is 10.6. The summed E-state index contributed by atoms with van der Waals surface area (Å²) < 4.78 is 18.3. The van der Waals surface area contributed by atoms with Gasteiger partial charge < -0.3 is 9.73 Å². The normalized spacial score (nSPS) is 13.1. The van der Waals surface area contributed by atoms with Crippen LogP contribution in [0.5, 0.6) is 0 Å². The van der Waals surface area contributed by atoms with E-state index in [9.17, 15) is 9.00 Å². The smallest absolute Gasteiger partial charge is 0.251 e. The third-order valence-corrected chi connectivity index (χ3v) is 5.88. The zero-order valence-electron chi connectivity index (χ0n) is 16.3. The first-order chi connectivity index (χ1) is 13.5. The van der Waals surface area contributed by atoms with Crippen LogP contribution < -0.4 is 5.32 Å². The molecule has 0 aliphatic rings. The van der Waals surface area contributed by atoms with Crippen molar-refractivity contribution >= 4 is 16.7 Å². The van der Waals surface area contributed by atoms with Gasteiger partial charge in [0.25, 0.3) is 5.91 Å². The largest absolute Gasteiger partial charge is 0.441 e. The van der Waals surface area contributed by atoms with Crippen LogP contribution in [-0.2, 0) is 16.6 Å². The first-order valence-electron chi connectivity index (χ1n) is 9.29. The summed E-state index contributed by atoms with van der Waals surface area (Å²) in [6, 6.07) is 16.6. The van der Waals surface area contributed by atoms with Gasteiger partial charge in [0.2, 0.25) is 5.89 Å². The molecule has 0 bridgehead atoms. The lowest BCUT2D eigenvalue weighted by molar-refractivity contribution is 0.0939. The average molecular weight is 397 g/mol. The number of hydrogen-bond acceptors (Lipinski definition) is 4. The van der Waals surface area contributed by atoms with E-state index in [4.69, 9.17) is 4.42 Å². The molecule has 2 atom stereocenters. The molecule has 3 rings (SSSR count). The number of aryl methyl sites for hydroxylation is 1. The van der Waals surface area contributed by atoms with Gasteiger partial charge in [-0.25, -0.2) is 4.98 Å². The maximum Gasteiger partial charge on any atom is 0.251 e. The van der Waals surface area contributed by atoms with E-state index in [-0.39, 0.29) is 11.9 Å². The highest BCUT2D eigenvalue weighted by atomic mass is 32.2. The van der Waals surface area contributed by atoms with E-state index < -0.39 is 10.8 Å². The fourth-order valence-corrected chi connectivity index (χ4v) is 3.78. The van der Waals surface area contributed by atoms with Gasteiger partial charge in [-0.15, -0.1) is 0 Å². The molecule has 0 unspecified atom stereocenters. The predicted octanol–water partition coefficient (Wildman–Crippen LogP) is 4.49. The molecule has 1 heterocycles. The standard InChI is InChI=1S/C22H24N2O3S/c1-4-15(2)23-21(25)17-10-12-18(13-11-17)22-24-20(16(3)27-22)14-28(26)19-8-6-5-7-9-19/h5-13,15H,4,14H2,1-3H3,(H,23,25)/t15-,28-/m1/s1. The van der Waals surface area contributed by atoms with Gasteiger partial charge in [0, 0.05) is 22.1 Å². The van der Waals surface area contributed by atoms with Gasteiger partial charge in [-0.3, -0.25) is 9.00 Å². The summed E-state index contributed by atoms with van der Waals surface area (Å²) in [7, 11) is -1.18. The van der Waals surface area contributed by atoms with Gasteiger partial charge in [-0.1, -0.05) is 25.1 Å². The second-order valence-electron chi connectivity index (χ2n) is 6.68. The number of nitrogens with one attached hydrogen (secondary N) is 1. The molecule has 5 nitrogen and oxygen atoms in total. The zero-order valence-corrected chi connectivity index (χ0v) is 17.1. The number of aromatic nitrogens is 1. The van der Waals surface area contributed by atoms with Crippen LogP contribution in [0.3, 0.4) is 0 Å². The molecule has 2 aromatic carbocycles. The quantitative estimate of drug-likeness (QED) is 0.639. The van der Waals surface area contributed by atoms with Crippen LogP contribution >= 0.6 is 0 Å². The summed E-state index contributed by atoms with van der Waals surface area (Å²) in [5, 5.41) is 2.94. The molecule has 0 fully saturated rings. The van der Waals surface area contributed by atoms with Crippen LogP contribution in [0.1, 0.15) is 42.1 Å². The van der Waals surface area contributed by atoms with Crippen LogP contribution in [0, 0.1) is 6.92 Å². The zero-order chi connectivity index (χ0) is 20.1. The third kappa shape index (κ3) is 4.75. The predicted molar refractivity (Wildman–Crippen MR) is 110 cm³/mol. The molecular weight excluding hydrogens is 372 g/mol. The molecule has 1 N–H and O–H groups in total. The minimum atomic E-state index is -1.18. The molecule has 0 spiro atoms. The average Bonchev–Trinajstić information content (AvgIpc) is 3.08. The van der Waals surface area contributed by atoms with E-state index in [1.165, 1.54) is 0 Å². The summed E-state index contributed by atoms with van der Waals surface area (Å²) in [5.41, 5.74) is 2.05. The molecule has 3 aromatic rings. The fourth-order valence-electron chi connectivity index (χ4n) is 2.64. The van der Waals surface area contributed by atoms with Crippen LogP contribution in [0.2, 0.25) is 0 Å². The molecule has 6 heteroatoms. The summed E-state index contributed by atoms with van der Waals surface area (Å²) in [6.45, 7) is 5.83. The number of rotatable bonds is 7. The second-order valence-corrected chi connectivity index (χ2v) is 8.14. The topological polar surface area (TPSA) is 72.2 Å². The molecule has 0 aliphatic carbocycles. The van der Waals surface area contributed by atoms with Gasteiger partial charge in [0.1, 0.15) is 5.76 Å². The minimum Gasteiger partial charge on any atom is -0.441 e. The number of carbonyl (C=O) groups is 1. The Hall–Kier alpha value is -2.73. The number of hydrogen-bond donors (Lipinski definition) is 1. The summed E-state index contributed by atoms with van der Waals surface area (Å²) in [5.74, 6) is 1.32. The molecule has 1 aromatic heterocycles. The van der Waals surface area contributed by atoms with Crippen LogP contribution in [-0.4, -0.2) is 21.1 Å². The van der Waals surface area contributed by atoms with Gasteiger partial charge in [0.15, 0.2) is 0 Å². The Morgan fingerprint density at radius 2 is 1.82 bits per heavy atom. The van der Waals surface area contributed by atoms with Crippen LogP contribution in [0.25, 0.3) is 11.5 Å². The lowest BCUT2D eigenvalue weighted by atomic mass is 10.1. The van der Waals surface area contributed by atoms with Crippen molar-refractivity contribution in [3.8, 4) is 11.5 Å². The number of benzene rings is 2. The van der Waals surface area contributed by atoms with Crippen molar-refractivity contribution in [2.45, 2.75) is 43.9 Å². The number of amides is 1. The Bertz CT molecular complexity index is 965. The van der Waals surface area contributed by atoms with Crippen molar-refractivity contribution in [2.75, 3.05) is 0 Å². The highest BCUT2D eigenvalue weighted by Gasteiger charge is 2.16. The maximum absolute atomic E-state index is 12.5. The Morgan fingerprint density at radius 1 is 1.14 bits per heavy atom. The van der Waals surface area contributed by atoms with Crippen molar-refractivity contribution in [1.82, 2.24) is 10.3 Å². The molecule has 0 saturated heterocycles. The highest BCUT2D eigenvalue weighted by Crippen LogP contribution is 2.24. The highest BCUT2D eigenvalue weighted by molar-refractivity contribution is 7.84. The lowest BCUT2D eigenvalue weighted by Crippen LogP contribution is -2.31. The summed E-state index contributed by atoms with van der Waals surface area (Å²) in [4.78, 5) is 17.5. The molecular formula is C22H24N2O3S. The Kier molecular flexibility index (Phi) is 6.41. The molecule has 0 radical (unpaired) electrons. The first kappa shape index (κ1) is 20.0. The molecule has 146 valence electrons. The summed E-state index contributed by atoms with van der Waals surface area (Å²) in [6.07, 6.45) is 0.881. The van der Waals surface area contributed by atoms with E-state index in [0.29, 0.717) is 28.7 Å². The number of nitrogens with zero attached hydrogens (tertiary/aromatic N) is 1. The number of carbonyl (C=O) groups excluding carboxylic acids is 1. The lowest BCUT2D eigenvalue weighted by Gasteiger charge is -2.11. The monoisotopic (exact) mass is 396 g/mol. The Labute approximate surface area is 167 Å². The second kappa shape index (κ2) is 8.97. The van der Waals surface area contributed by atoms with Crippen LogP contribution in [0.15, 0.2) is 63.9 Å². The molecule has 1 amide bonds. The molecule has 28 heavy (non-hydrogen) atoms. The van der Waals surface area contributed by atoms with E-state index in [2.05, 4.69) is 10.3 Å². The SMILES string of the molecule is CC[C@@H](C)NC(=O)c1ccc(-c2nc(C[S@@](=O)c3ccccc3)c(C)o2)cc1. The van der Waals surface area contributed by atoms with Crippen molar-refractivity contribution in [1.29, 1.82) is 0 Å². The van der Waals surface area contributed by atoms with Crippen molar-refractivity contribution in [3.05, 3.63) is 71.6 Å². The van der Waals surface area contributed by atoms with E-state index in [1.807, 2.05) is 63.2 Å². The van der Waals surface area contributed by atoms with Gasteiger partial charge in [-0.2, -0.15) is 0 Å².